The lowest BCUT2D eigenvalue weighted by Crippen LogP contribution is -2.53. The number of nitrogens with one attached hydrogen (secondary N) is 1. The van der Waals surface area contributed by atoms with Gasteiger partial charge in [0.05, 0.1) is 11.2 Å². The molecule has 100 valence electrons. The van der Waals surface area contributed by atoms with E-state index in [0.29, 0.717) is 18.0 Å². The predicted molar refractivity (Wildman–Crippen MR) is 68.6 cm³/mol. The standard InChI is InChI=1S/C12H18ClN3O2/c1-14-12(11(17)18)5-2-3-9(12)4-6-16-8-10(13)7-15-16/h7-9,14H,2-6H2,1H3,(H,17,18). The minimum atomic E-state index is -0.767. The molecule has 1 saturated carbocycles. The topological polar surface area (TPSA) is 67.2 Å². The maximum atomic E-state index is 11.5. The Balaban J connectivity index is 2.01. The second-order valence-electron chi connectivity index (χ2n) is 4.83. The van der Waals surface area contributed by atoms with Gasteiger partial charge in [-0.1, -0.05) is 18.0 Å². The first kappa shape index (κ1) is 13.4. The number of rotatable bonds is 5. The summed E-state index contributed by atoms with van der Waals surface area (Å²) in [6.07, 6.45) is 6.76. The van der Waals surface area contributed by atoms with Crippen LogP contribution >= 0.6 is 11.6 Å². The molecule has 0 bridgehead atoms. The van der Waals surface area contributed by atoms with Crippen molar-refractivity contribution in [2.24, 2.45) is 5.92 Å². The first-order valence-corrected chi connectivity index (χ1v) is 6.56. The number of nitrogens with zero attached hydrogens (tertiary/aromatic N) is 2. The summed E-state index contributed by atoms with van der Waals surface area (Å²) in [7, 11) is 1.73. The number of carboxylic acid groups (broad SMARTS) is 1. The van der Waals surface area contributed by atoms with E-state index < -0.39 is 11.5 Å². The van der Waals surface area contributed by atoms with Gasteiger partial charge >= 0.3 is 5.97 Å². The SMILES string of the molecule is CNC1(C(=O)O)CCCC1CCn1cc(Cl)cn1. The summed E-state index contributed by atoms with van der Waals surface area (Å²) in [4.78, 5) is 11.5. The van der Waals surface area contributed by atoms with Crippen molar-refractivity contribution in [2.75, 3.05) is 7.05 Å². The van der Waals surface area contributed by atoms with Crippen LogP contribution in [0.25, 0.3) is 0 Å². The van der Waals surface area contributed by atoms with Crippen molar-refractivity contribution in [3.8, 4) is 0 Å². The summed E-state index contributed by atoms with van der Waals surface area (Å²) in [5.41, 5.74) is -0.767. The van der Waals surface area contributed by atoms with Crippen LogP contribution in [0.1, 0.15) is 25.7 Å². The highest BCUT2D eigenvalue weighted by Crippen LogP contribution is 2.38. The highest BCUT2D eigenvalue weighted by Gasteiger charge is 2.47. The molecule has 1 aliphatic carbocycles. The molecule has 0 amide bonds. The molecule has 0 saturated heterocycles. The van der Waals surface area contributed by atoms with Gasteiger partial charge in [0.25, 0.3) is 0 Å². The second-order valence-corrected chi connectivity index (χ2v) is 5.26. The van der Waals surface area contributed by atoms with Gasteiger partial charge in [-0.2, -0.15) is 5.10 Å². The molecule has 1 fully saturated rings. The zero-order valence-corrected chi connectivity index (χ0v) is 11.2. The maximum absolute atomic E-state index is 11.5. The van der Waals surface area contributed by atoms with E-state index in [4.69, 9.17) is 11.6 Å². The summed E-state index contributed by atoms with van der Waals surface area (Å²) < 4.78 is 1.77. The third-order valence-corrected chi connectivity index (χ3v) is 4.15. The average molecular weight is 272 g/mol. The first-order chi connectivity index (χ1) is 8.58. The summed E-state index contributed by atoms with van der Waals surface area (Å²) in [5, 5.41) is 17.2. The van der Waals surface area contributed by atoms with Crippen LogP contribution in [0, 0.1) is 5.92 Å². The molecular weight excluding hydrogens is 254 g/mol. The number of carboxylic acids is 1. The van der Waals surface area contributed by atoms with Crippen molar-refractivity contribution in [1.82, 2.24) is 15.1 Å². The van der Waals surface area contributed by atoms with E-state index in [1.807, 2.05) is 0 Å². The molecule has 2 unspecified atom stereocenters. The van der Waals surface area contributed by atoms with Crippen molar-refractivity contribution >= 4 is 17.6 Å². The minimum Gasteiger partial charge on any atom is -0.480 e. The summed E-state index contributed by atoms with van der Waals surface area (Å²) in [6, 6.07) is 0. The van der Waals surface area contributed by atoms with E-state index in [9.17, 15) is 9.90 Å². The second kappa shape index (κ2) is 5.28. The third-order valence-electron chi connectivity index (χ3n) is 3.96. The Hall–Kier alpha value is -1.07. The third kappa shape index (κ3) is 2.37. The molecule has 2 rings (SSSR count). The number of hydrogen-bond acceptors (Lipinski definition) is 3. The van der Waals surface area contributed by atoms with Crippen LogP contribution in [0.3, 0.4) is 0 Å². The normalized spacial score (nSPS) is 27.6. The van der Waals surface area contributed by atoms with Crippen LogP contribution in [0.15, 0.2) is 12.4 Å². The zero-order chi connectivity index (χ0) is 13.2. The van der Waals surface area contributed by atoms with Gasteiger partial charge in [-0.05, 0) is 32.2 Å². The molecule has 1 aromatic heterocycles. The lowest BCUT2D eigenvalue weighted by molar-refractivity contribution is -0.146. The number of aromatic nitrogens is 2. The van der Waals surface area contributed by atoms with Crippen molar-refractivity contribution in [2.45, 2.75) is 37.8 Å². The number of aryl methyl sites for hydroxylation is 1. The van der Waals surface area contributed by atoms with Crippen LogP contribution in [0.5, 0.6) is 0 Å². The van der Waals surface area contributed by atoms with Gasteiger partial charge in [-0.15, -0.1) is 0 Å². The van der Waals surface area contributed by atoms with Crippen LogP contribution in [-0.2, 0) is 11.3 Å². The molecule has 0 radical (unpaired) electrons. The van der Waals surface area contributed by atoms with E-state index in [1.54, 1.807) is 24.1 Å². The Morgan fingerprint density at radius 3 is 3.11 bits per heavy atom. The Labute approximate surface area is 111 Å². The number of hydrogen-bond donors (Lipinski definition) is 2. The molecule has 18 heavy (non-hydrogen) atoms. The largest absolute Gasteiger partial charge is 0.480 e. The molecule has 2 atom stereocenters. The number of aliphatic carboxylic acids is 1. The molecule has 0 aromatic carbocycles. The summed E-state index contributed by atoms with van der Waals surface area (Å²) in [5.74, 6) is -0.603. The monoisotopic (exact) mass is 271 g/mol. The Morgan fingerprint density at radius 1 is 1.78 bits per heavy atom. The van der Waals surface area contributed by atoms with Gasteiger partial charge in [0.15, 0.2) is 0 Å². The average Bonchev–Trinajstić information content (AvgIpc) is 2.92. The molecule has 0 spiro atoms. The van der Waals surface area contributed by atoms with E-state index in [2.05, 4.69) is 10.4 Å². The Kier molecular flexibility index (Phi) is 3.92. The maximum Gasteiger partial charge on any atom is 0.324 e. The first-order valence-electron chi connectivity index (χ1n) is 6.19. The van der Waals surface area contributed by atoms with Crippen molar-refractivity contribution < 1.29 is 9.90 Å². The minimum absolute atomic E-state index is 0.142. The van der Waals surface area contributed by atoms with E-state index in [-0.39, 0.29) is 5.92 Å². The quantitative estimate of drug-likeness (QED) is 0.857. The molecule has 6 heteroatoms. The van der Waals surface area contributed by atoms with Crippen LogP contribution in [-0.4, -0.2) is 33.4 Å². The molecule has 0 aliphatic heterocycles. The Bertz CT molecular complexity index is 435. The van der Waals surface area contributed by atoms with Crippen molar-refractivity contribution in [3.05, 3.63) is 17.4 Å². The fraction of sp³-hybridized carbons (Fsp3) is 0.667. The lowest BCUT2D eigenvalue weighted by Gasteiger charge is -2.31. The smallest absolute Gasteiger partial charge is 0.324 e. The number of carbonyl (C=O) groups is 1. The Morgan fingerprint density at radius 2 is 2.56 bits per heavy atom. The van der Waals surface area contributed by atoms with Gasteiger partial charge in [0.1, 0.15) is 5.54 Å². The number of likely N-dealkylation sites (N-methyl/N-ethyl adjacent to an activating group) is 1. The molecular formula is C12H18ClN3O2. The van der Waals surface area contributed by atoms with Crippen LogP contribution in [0.4, 0.5) is 0 Å². The molecule has 1 aromatic rings. The molecule has 5 nitrogen and oxygen atoms in total. The van der Waals surface area contributed by atoms with Gasteiger partial charge < -0.3 is 10.4 Å². The summed E-state index contributed by atoms with van der Waals surface area (Å²) in [6.45, 7) is 0.702. The van der Waals surface area contributed by atoms with Gasteiger partial charge in [0, 0.05) is 12.7 Å². The molecule has 2 N–H and O–H groups in total. The van der Waals surface area contributed by atoms with E-state index in [0.717, 1.165) is 19.3 Å². The molecule has 1 heterocycles. The van der Waals surface area contributed by atoms with Crippen LogP contribution in [0.2, 0.25) is 5.02 Å². The zero-order valence-electron chi connectivity index (χ0n) is 10.4. The van der Waals surface area contributed by atoms with E-state index in [1.165, 1.54) is 0 Å². The van der Waals surface area contributed by atoms with Gasteiger partial charge in [0.2, 0.25) is 0 Å². The highest BCUT2D eigenvalue weighted by molar-refractivity contribution is 6.30. The number of halogens is 1. The molecule has 1 aliphatic rings. The van der Waals surface area contributed by atoms with Gasteiger partial charge in [-0.3, -0.25) is 9.48 Å². The van der Waals surface area contributed by atoms with Crippen molar-refractivity contribution in [1.29, 1.82) is 0 Å². The van der Waals surface area contributed by atoms with E-state index >= 15 is 0 Å². The highest BCUT2D eigenvalue weighted by atomic mass is 35.5. The fourth-order valence-electron chi connectivity index (χ4n) is 2.93. The van der Waals surface area contributed by atoms with Gasteiger partial charge in [-0.25, -0.2) is 0 Å². The van der Waals surface area contributed by atoms with Crippen molar-refractivity contribution in [3.63, 3.8) is 0 Å². The summed E-state index contributed by atoms with van der Waals surface area (Å²) >= 11 is 5.80. The predicted octanol–water partition coefficient (Wildman–Crippen LogP) is 1.77. The van der Waals surface area contributed by atoms with Crippen LogP contribution < -0.4 is 5.32 Å². The lowest BCUT2D eigenvalue weighted by atomic mass is 9.85. The fourth-order valence-corrected chi connectivity index (χ4v) is 3.09.